The van der Waals surface area contributed by atoms with Gasteiger partial charge >= 0.3 is 0 Å². The van der Waals surface area contributed by atoms with Crippen LogP contribution >= 0.6 is 11.8 Å². The fourth-order valence-electron chi connectivity index (χ4n) is 3.07. The summed E-state index contributed by atoms with van der Waals surface area (Å²) in [6.45, 7) is 5.07. The number of rotatable bonds is 12. The van der Waals surface area contributed by atoms with Crippen LogP contribution in [0.15, 0.2) is 48.5 Å². The number of sulfonamides is 1. The molecule has 2 rings (SSSR count). The predicted molar refractivity (Wildman–Crippen MR) is 128 cm³/mol. The molecule has 5 nitrogen and oxygen atoms in total. The molecule has 0 heterocycles. The fraction of sp³-hybridized carbons (Fsp3) is 0.435. The van der Waals surface area contributed by atoms with Crippen LogP contribution in [-0.4, -0.2) is 39.4 Å². The van der Waals surface area contributed by atoms with E-state index in [1.165, 1.54) is 21.7 Å². The summed E-state index contributed by atoms with van der Waals surface area (Å²) < 4.78 is 25.7. The molecule has 1 amide bonds. The SMILES string of the molecule is CCc1ccc(N(CCCC(=O)NCCSCc2ccccc2C)S(C)(=O)=O)cc1. The van der Waals surface area contributed by atoms with Crippen molar-refractivity contribution in [3.05, 3.63) is 65.2 Å². The molecule has 7 heteroatoms. The first-order valence-electron chi connectivity index (χ1n) is 10.3. The molecule has 0 bridgehead atoms. The van der Waals surface area contributed by atoms with Crippen molar-refractivity contribution < 1.29 is 13.2 Å². The van der Waals surface area contributed by atoms with E-state index in [0.717, 1.165) is 23.5 Å². The Morgan fingerprint density at radius 3 is 2.43 bits per heavy atom. The Morgan fingerprint density at radius 2 is 1.80 bits per heavy atom. The van der Waals surface area contributed by atoms with Crippen LogP contribution in [0.2, 0.25) is 0 Å². The molecule has 0 aliphatic carbocycles. The first kappa shape index (κ1) is 24.3. The average molecular weight is 449 g/mol. The lowest BCUT2D eigenvalue weighted by molar-refractivity contribution is -0.121. The van der Waals surface area contributed by atoms with Crippen LogP contribution in [0.4, 0.5) is 5.69 Å². The Kier molecular flexibility index (Phi) is 9.72. The molecule has 0 radical (unpaired) electrons. The second-order valence-corrected chi connectivity index (χ2v) is 10.3. The van der Waals surface area contributed by atoms with E-state index >= 15 is 0 Å². The maximum atomic E-state index is 12.2. The molecule has 0 saturated heterocycles. The van der Waals surface area contributed by atoms with Gasteiger partial charge in [-0.2, -0.15) is 11.8 Å². The van der Waals surface area contributed by atoms with Crippen LogP contribution in [0.1, 0.15) is 36.5 Å². The highest BCUT2D eigenvalue weighted by Gasteiger charge is 2.17. The predicted octanol–water partition coefficient (Wildman–Crippen LogP) is 4.15. The summed E-state index contributed by atoms with van der Waals surface area (Å²) in [4.78, 5) is 12.1. The molecule has 0 spiro atoms. The maximum Gasteiger partial charge on any atom is 0.232 e. The van der Waals surface area contributed by atoms with Gasteiger partial charge in [0.05, 0.1) is 11.9 Å². The van der Waals surface area contributed by atoms with Crippen molar-refractivity contribution >= 4 is 33.4 Å². The second kappa shape index (κ2) is 12.0. The zero-order valence-electron chi connectivity index (χ0n) is 18.1. The number of hydrogen-bond acceptors (Lipinski definition) is 4. The van der Waals surface area contributed by atoms with Crippen molar-refractivity contribution in [1.29, 1.82) is 0 Å². The lowest BCUT2D eigenvalue weighted by Gasteiger charge is -2.22. The average Bonchev–Trinajstić information content (AvgIpc) is 2.71. The summed E-state index contributed by atoms with van der Waals surface area (Å²) in [5, 5.41) is 2.92. The third-order valence-corrected chi connectivity index (χ3v) is 7.09. The van der Waals surface area contributed by atoms with E-state index in [1.54, 1.807) is 11.8 Å². The van der Waals surface area contributed by atoms with Gasteiger partial charge in [-0.15, -0.1) is 0 Å². The zero-order valence-corrected chi connectivity index (χ0v) is 19.7. The van der Waals surface area contributed by atoms with E-state index in [9.17, 15) is 13.2 Å². The number of amides is 1. The van der Waals surface area contributed by atoms with Crippen LogP contribution in [0, 0.1) is 6.92 Å². The molecule has 164 valence electrons. The molecule has 0 saturated carbocycles. The fourth-order valence-corrected chi connectivity index (χ4v) is 4.97. The number of thioether (sulfide) groups is 1. The van der Waals surface area contributed by atoms with Gasteiger partial charge in [0, 0.05) is 31.0 Å². The molecular weight excluding hydrogens is 416 g/mol. The van der Waals surface area contributed by atoms with Crippen LogP contribution in [0.5, 0.6) is 0 Å². The summed E-state index contributed by atoms with van der Waals surface area (Å²) in [7, 11) is -3.39. The monoisotopic (exact) mass is 448 g/mol. The molecule has 0 aliphatic rings. The maximum absolute atomic E-state index is 12.2. The number of aryl methyl sites for hydroxylation is 2. The molecule has 0 atom stereocenters. The van der Waals surface area contributed by atoms with E-state index in [2.05, 4.69) is 31.3 Å². The van der Waals surface area contributed by atoms with E-state index in [-0.39, 0.29) is 5.91 Å². The molecule has 0 aliphatic heterocycles. The minimum absolute atomic E-state index is 0.0405. The number of anilines is 1. The highest BCUT2D eigenvalue weighted by Crippen LogP contribution is 2.19. The Bertz CT molecular complexity index is 912. The van der Waals surface area contributed by atoms with E-state index in [4.69, 9.17) is 0 Å². The number of hydrogen-bond donors (Lipinski definition) is 1. The van der Waals surface area contributed by atoms with Gasteiger partial charge in [0.1, 0.15) is 0 Å². The Labute approximate surface area is 185 Å². The Hall–Kier alpha value is -1.99. The van der Waals surface area contributed by atoms with Crippen LogP contribution in [0.25, 0.3) is 0 Å². The van der Waals surface area contributed by atoms with Gasteiger partial charge in [-0.3, -0.25) is 9.10 Å². The van der Waals surface area contributed by atoms with Gasteiger partial charge in [0.2, 0.25) is 15.9 Å². The molecule has 2 aromatic rings. The van der Waals surface area contributed by atoms with E-state index in [1.807, 2.05) is 36.4 Å². The van der Waals surface area contributed by atoms with Gasteiger partial charge in [-0.25, -0.2) is 8.42 Å². The normalized spacial score (nSPS) is 11.3. The standard InChI is InChI=1S/C23H32N2O3S2/c1-4-20-11-13-22(14-12-20)25(30(3,27)28)16-7-10-23(26)24-15-17-29-18-21-9-6-5-8-19(21)2/h5-6,8-9,11-14H,4,7,10,15-18H2,1-3H3,(H,24,26). The van der Waals surface area contributed by atoms with E-state index < -0.39 is 10.0 Å². The van der Waals surface area contributed by atoms with Crippen LogP contribution in [-0.2, 0) is 27.0 Å². The number of nitrogens with zero attached hydrogens (tertiary/aromatic N) is 1. The molecular formula is C23H32N2O3S2. The molecule has 0 aromatic heterocycles. The quantitative estimate of drug-likeness (QED) is 0.495. The third kappa shape index (κ3) is 8.03. The number of benzene rings is 2. The van der Waals surface area contributed by atoms with Crippen LogP contribution in [0.3, 0.4) is 0 Å². The van der Waals surface area contributed by atoms with E-state index in [0.29, 0.717) is 31.6 Å². The van der Waals surface area contributed by atoms with Crippen molar-refractivity contribution in [3.8, 4) is 0 Å². The topological polar surface area (TPSA) is 66.5 Å². The largest absolute Gasteiger partial charge is 0.355 e. The van der Waals surface area contributed by atoms with Crippen molar-refractivity contribution in [2.75, 3.05) is 29.4 Å². The lowest BCUT2D eigenvalue weighted by atomic mass is 10.1. The summed E-state index contributed by atoms with van der Waals surface area (Å²) >= 11 is 1.79. The van der Waals surface area contributed by atoms with Crippen molar-refractivity contribution in [1.82, 2.24) is 5.32 Å². The van der Waals surface area contributed by atoms with Gasteiger partial charge in [0.15, 0.2) is 0 Å². The highest BCUT2D eigenvalue weighted by molar-refractivity contribution is 7.98. The summed E-state index contributed by atoms with van der Waals surface area (Å²) in [6.07, 6.45) is 2.89. The summed E-state index contributed by atoms with van der Waals surface area (Å²) in [5.41, 5.74) is 4.41. The zero-order chi connectivity index (χ0) is 22.0. The lowest BCUT2D eigenvalue weighted by Crippen LogP contribution is -2.32. The van der Waals surface area contributed by atoms with Gasteiger partial charge in [-0.1, -0.05) is 43.3 Å². The molecule has 0 unspecified atom stereocenters. The smallest absolute Gasteiger partial charge is 0.232 e. The Morgan fingerprint density at radius 1 is 1.10 bits per heavy atom. The summed E-state index contributed by atoms with van der Waals surface area (Å²) in [5.74, 6) is 1.74. The molecule has 30 heavy (non-hydrogen) atoms. The number of carbonyl (C=O) groups excluding carboxylic acids is 1. The van der Waals surface area contributed by atoms with Crippen molar-refractivity contribution in [3.63, 3.8) is 0 Å². The third-order valence-electron chi connectivity index (χ3n) is 4.89. The minimum atomic E-state index is -3.39. The first-order chi connectivity index (χ1) is 14.3. The first-order valence-corrected chi connectivity index (χ1v) is 13.3. The van der Waals surface area contributed by atoms with Crippen molar-refractivity contribution in [2.24, 2.45) is 0 Å². The minimum Gasteiger partial charge on any atom is -0.355 e. The van der Waals surface area contributed by atoms with Crippen molar-refractivity contribution in [2.45, 2.75) is 38.9 Å². The van der Waals surface area contributed by atoms with Gasteiger partial charge in [-0.05, 0) is 48.6 Å². The summed E-state index contributed by atoms with van der Waals surface area (Å²) in [6, 6.07) is 15.8. The number of nitrogens with one attached hydrogen (secondary N) is 1. The number of carbonyl (C=O) groups is 1. The molecule has 2 aromatic carbocycles. The van der Waals surface area contributed by atoms with Gasteiger partial charge < -0.3 is 5.32 Å². The van der Waals surface area contributed by atoms with Crippen LogP contribution < -0.4 is 9.62 Å². The highest BCUT2D eigenvalue weighted by atomic mass is 32.2. The second-order valence-electron chi connectivity index (χ2n) is 7.29. The molecule has 0 fully saturated rings. The van der Waals surface area contributed by atoms with Gasteiger partial charge in [0.25, 0.3) is 0 Å². The molecule has 1 N–H and O–H groups in total. The Balaban J connectivity index is 1.71.